The van der Waals surface area contributed by atoms with E-state index in [0.29, 0.717) is 29.8 Å². The number of aryl methyl sites for hydroxylation is 2. The summed E-state index contributed by atoms with van der Waals surface area (Å²) < 4.78 is 36.3. The number of carbonyl (C=O) groups is 1. The Hall–Kier alpha value is -4.58. The molecule has 50 heavy (non-hydrogen) atoms. The van der Waals surface area contributed by atoms with E-state index >= 15 is 0 Å². The van der Waals surface area contributed by atoms with Crippen molar-refractivity contribution in [3.8, 4) is 17.1 Å². The Kier molecular flexibility index (Phi) is 9.85. The third-order valence-electron chi connectivity index (χ3n) is 9.27. The number of ether oxygens (including phenoxy) is 1. The first-order valence-corrected chi connectivity index (χ1v) is 18.7. The Morgan fingerprint density at radius 2 is 1.60 bits per heavy atom. The molecule has 6 rings (SSSR count). The fourth-order valence-electron chi connectivity index (χ4n) is 7.17. The molecule has 12 heteroatoms. The SMILES string of the molecule is Cc1cccc(C)c1-c1cc2nc(n1)NS(=O)(=O)c1cccc(c1)C(=O)N(Cc1ncc(N3C[C@H](C)C[C@@H](C)C3)cn1)[C@H](CC(C)(C)C)CO2. The smallest absolute Gasteiger partial charge is 0.264 e. The van der Waals surface area contributed by atoms with Crippen LogP contribution in [0, 0.1) is 31.1 Å². The van der Waals surface area contributed by atoms with E-state index in [1.54, 1.807) is 23.1 Å². The van der Waals surface area contributed by atoms with E-state index in [2.05, 4.69) is 54.2 Å². The van der Waals surface area contributed by atoms with Crippen LogP contribution >= 0.6 is 0 Å². The van der Waals surface area contributed by atoms with Gasteiger partial charge in [-0.3, -0.25) is 4.79 Å². The Labute approximate surface area is 295 Å². The molecule has 2 aromatic carbocycles. The average Bonchev–Trinajstić information content (AvgIpc) is 3.04. The maximum atomic E-state index is 14.5. The first-order valence-electron chi connectivity index (χ1n) is 17.2. The van der Waals surface area contributed by atoms with E-state index in [0.717, 1.165) is 35.5 Å². The van der Waals surface area contributed by atoms with Gasteiger partial charge < -0.3 is 14.5 Å². The molecule has 0 spiro atoms. The molecule has 2 aromatic heterocycles. The Balaban J connectivity index is 1.42. The Morgan fingerprint density at radius 1 is 0.940 bits per heavy atom. The van der Waals surface area contributed by atoms with Crippen LogP contribution in [0.5, 0.6) is 5.88 Å². The topological polar surface area (TPSA) is 131 Å². The molecule has 1 amide bonds. The summed E-state index contributed by atoms with van der Waals surface area (Å²) in [7, 11) is -4.17. The molecule has 4 bridgehead atoms. The third-order valence-corrected chi connectivity index (χ3v) is 10.6. The lowest BCUT2D eigenvalue weighted by Gasteiger charge is -2.36. The molecule has 1 saturated heterocycles. The molecule has 2 aliphatic heterocycles. The first kappa shape index (κ1) is 35.3. The van der Waals surface area contributed by atoms with Crippen LogP contribution in [0.25, 0.3) is 11.3 Å². The van der Waals surface area contributed by atoms with Crippen LogP contribution in [0.2, 0.25) is 0 Å². The highest BCUT2D eigenvalue weighted by molar-refractivity contribution is 7.92. The molecular weight excluding hydrogens is 651 g/mol. The van der Waals surface area contributed by atoms with E-state index in [-0.39, 0.29) is 46.8 Å². The fraction of sp³-hybridized carbons (Fsp3) is 0.447. The number of amides is 1. The van der Waals surface area contributed by atoms with Crippen LogP contribution in [-0.4, -0.2) is 64.9 Å². The van der Waals surface area contributed by atoms with Crippen LogP contribution in [0.3, 0.4) is 0 Å². The van der Waals surface area contributed by atoms with Gasteiger partial charge in [0.2, 0.25) is 11.8 Å². The molecule has 264 valence electrons. The molecule has 0 unspecified atom stereocenters. The molecule has 3 atom stereocenters. The zero-order chi connectivity index (χ0) is 35.8. The van der Waals surface area contributed by atoms with Crippen LogP contribution in [-0.2, 0) is 16.6 Å². The monoisotopic (exact) mass is 697 g/mol. The predicted octanol–water partition coefficient (Wildman–Crippen LogP) is 6.67. The van der Waals surface area contributed by atoms with Gasteiger partial charge in [-0.25, -0.2) is 28.1 Å². The second-order valence-electron chi connectivity index (χ2n) is 15.2. The first-order chi connectivity index (χ1) is 23.6. The number of nitrogens with zero attached hydrogens (tertiary/aromatic N) is 6. The summed E-state index contributed by atoms with van der Waals surface area (Å²) in [5.41, 5.74) is 4.34. The van der Waals surface area contributed by atoms with Crippen molar-refractivity contribution < 1.29 is 17.9 Å². The van der Waals surface area contributed by atoms with Gasteiger partial charge in [-0.2, -0.15) is 4.98 Å². The van der Waals surface area contributed by atoms with Gasteiger partial charge in [0.15, 0.2) is 0 Å². The molecule has 11 nitrogen and oxygen atoms in total. The number of anilines is 2. The number of carbonyl (C=O) groups excluding carboxylic acids is 1. The van der Waals surface area contributed by atoms with E-state index in [1.807, 2.05) is 44.4 Å². The van der Waals surface area contributed by atoms with Crippen molar-refractivity contribution in [1.29, 1.82) is 0 Å². The second kappa shape index (κ2) is 14.0. The lowest BCUT2D eigenvalue weighted by Crippen LogP contribution is -2.45. The summed E-state index contributed by atoms with van der Waals surface area (Å²) in [6.45, 7) is 16.9. The molecule has 1 N–H and O–H groups in total. The standard InChI is InChI=1S/C38H47N7O4S/c1-24-14-25(2)21-44(20-24)30-18-39-33(40-19-30)22-45-29(17-38(5,6)7)23-49-34-16-32(35-26(3)10-8-11-27(35)4)41-37(42-34)43-50(47,48)31-13-9-12-28(15-31)36(45)46/h8-13,15-16,18-19,24-25,29H,14,17,20-23H2,1-7H3,(H,41,42,43)/t24-,25-,29-/m1/s1. The number of benzene rings is 2. The van der Waals surface area contributed by atoms with Gasteiger partial charge in [0.25, 0.3) is 15.9 Å². The highest BCUT2D eigenvalue weighted by Crippen LogP contribution is 2.32. The van der Waals surface area contributed by atoms with Gasteiger partial charge >= 0.3 is 0 Å². The van der Waals surface area contributed by atoms with Crippen molar-refractivity contribution in [2.45, 2.75) is 78.8 Å². The average molecular weight is 698 g/mol. The maximum Gasteiger partial charge on any atom is 0.264 e. The number of hydrogen-bond acceptors (Lipinski definition) is 9. The number of fused-ring (bicyclic) bond motifs is 4. The van der Waals surface area contributed by atoms with Gasteiger partial charge in [0, 0.05) is 30.3 Å². The number of sulfonamides is 1. The number of rotatable bonds is 5. The summed E-state index contributed by atoms with van der Waals surface area (Å²) in [5.74, 6) is 1.37. The van der Waals surface area contributed by atoms with Crippen LogP contribution < -0.4 is 14.4 Å². The van der Waals surface area contributed by atoms with Gasteiger partial charge in [0.1, 0.15) is 12.4 Å². The van der Waals surface area contributed by atoms with E-state index in [1.165, 1.54) is 18.6 Å². The molecular formula is C38H47N7O4S. The fourth-order valence-corrected chi connectivity index (χ4v) is 8.15. The molecule has 0 radical (unpaired) electrons. The van der Waals surface area contributed by atoms with Crippen molar-refractivity contribution in [1.82, 2.24) is 24.8 Å². The van der Waals surface area contributed by atoms with Gasteiger partial charge in [-0.15, -0.1) is 0 Å². The summed E-state index contributed by atoms with van der Waals surface area (Å²) in [6, 6.07) is 13.2. The van der Waals surface area contributed by atoms with Crippen molar-refractivity contribution in [2.75, 3.05) is 29.3 Å². The number of aromatic nitrogens is 4. The van der Waals surface area contributed by atoms with E-state index in [9.17, 15) is 13.2 Å². The highest BCUT2D eigenvalue weighted by atomic mass is 32.2. The Morgan fingerprint density at radius 3 is 2.26 bits per heavy atom. The molecule has 0 aliphatic carbocycles. The van der Waals surface area contributed by atoms with E-state index < -0.39 is 16.1 Å². The quantitative estimate of drug-likeness (QED) is 0.243. The minimum Gasteiger partial charge on any atom is -0.475 e. The Bertz CT molecular complexity index is 1950. The van der Waals surface area contributed by atoms with Crippen LogP contribution in [0.4, 0.5) is 11.6 Å². The lowest BCUT2D eigenvalue weighted by atomic mass is 9.87. The van der Waals surface area contributed by atoms with Crippen LogP contribution in [0.1, 0.15) is 74.8 Å². The van der Waals surface area contributed by atoms with Crippen LogP contribution in [0.15, 0.2) is 65.8 Å². The number of piperidine rings is 1. The number of hydrogen-bond donors (Lipinski definition) is 1. The molecule has 1 fully saturated rings. The van der Waals surface area contributed by atoms with Gasteiger partial charge in [-0.1, -0.05) is 58.9 Å². The second-order valence-corrected chi connectivity index (χ2v) is 16.9. The zero-order valence-electron chi connectivity index (χ0n) is 30.0. The molecule has 4 aromatic rings. The van der Waals surface area contributed by atoms with Crippen molar-refractivity contribution in [3.63, 3.8) is 0 Å². The lowest BCUT2D eigenvalue weighted by molar-refractivity contribution is 0.0505. The number of nitrogens with one attached hydrogen (secondary N) is 1. The van der Waals surface area contributed by atoms with Crippen molar-refractivity contribution in [3.05, 3.63) is 83.4 Å². The summed E-state index contributed by atoms with van der Waals surface area (Å²) in [6.07, 6.45) is 5.46. The minimum absolute atomic E-state index is 0.0796. The van der Waals surface area contributed by atoms with Crippen molar-refractivity contribution >= 4 is 27.6 Å². The summed E-state index contributed by atoms with van der Waals surface area (Å²) in [5, 5.41) is 0. The summed E-state index contributed by atoms with van der Waals surface area (Å²) in [4.78, 5) is 37.0. The molecule has 4 heterocycles. The maximum absolute atomic E-state index is 14.5. The highest BCUT2D eigenvalue weighted by Gasteiger charge is 2.32. The molecule has 2 aliphatic rings. The minimum atomic E-state index is -4.17. The molecule has 0 saturated carbocycles. The van der Waals surface area contributed by atoms with E-state index in [4.69, 9.17) is 14.7 Å². The van der Waals surface area contributed by atoms with Gasteiger partial charge in [-0.05, 0) is 73.3 Å². The zero-order valence-corrected chi connectivity index (χ0v) is 30.8. The largest absolute Gasteiger partial charge is 0.475 e. The van der Waals surface area contributed by atoms with Gasteiger partial charge in [0.05, 0.1) is 41.3 Å². The predicted molar refractivity (Wildman–Crippen MR) is 195 cm³/mol. The summed E-state index contributed by atoms with van der Waals surface area (Å²) >= 11 is 0. The third kappa shape index (κ3) is 8.07. The normalized spacial score (nSPS) is 20.9. The van der Waals surface area contributed by atoms with Crippen molar-refractivity contribution in [2.24, 2.45) is 17.3 Å².